The van der Waals surface area contributed by atoms with Gasteiger partial charge in [-0.25, -0.2) is 4.98 Å². The largest absolute Gasteiger partial charge is 0.348 e. The Balaban J connectivity index is 1.40. The fourth-order valence-electron chi connectivity index (χ4n) is 4.09. The number of nitrogens with zero attached hydrogens (tertiary/aromatic N) is 4. The van der Waals surface area contributed by atoms with Crippen molar-refractivity contribution in [1.29, 1.82) is 0 Å². The highest BCUT2D eigenvalue weighted by Crippen LogP contribution is 2.13. The molecule has 0 radical (unpaired) electrons. The van der Waals surface area contributed by atoms with Crippen molar-refractivity contribution in [2.75, 3.05) is 45.8 Å². The molecule has 7 heteroatoms. The first-order valence-electron chi connectivity index (χ1n) is 11.8. The standard InChI is InChI=1S/C25H37N5O2/c1-19(2)5-6-21-7-8-23(26-17-21)25(32)27-22-9-11-30(12-10-22)24(31)18-28-13-15-29(16-14-28)20(3)4/h7-8,17,19-20,22H,9-16,18H2,1-4H3,(H,27,32). The van der Waals surface area contributed by atoms with Gasteiger partial charge >= 0.3 is 0 Å². The van der Waals surface area contributed by atoms with E-state index in [0.29, 0.717) is 37.3 Å². The molecule has 3 heterocycles. The van der Waals surface area contributed by atoms with Crippen molar-refractivity contribution in [2.24, 2.45) is 5.92 Å². The fourth-order valence-corrected chi connectivity index (χ4v) is 4.09. The highest BCUT2D eigenvalue weighted by Gasteiger charge is 2.27. The summed E-state index contributed by atoms with van der Waals surface area (Å²) in [5.41, 5.74) is 1.21. The Labute approximate surface area is 192 Å². The molecule has 3 rings (SSSR count). The maximum absolute atomic E-state index is 12.7. The Morgan fingerprint density at radius 3 is 2.31 bits per heavy atom. The van der Waals surface area contributed by atoms with Crippen LogP contribution >= 0.6 is 0 Å². The van der Waals surface area contributed by atoms with Gasteiger partial charge in [-0.2, -0.15) is 0 Å². The van der Waals surface area contributed by atoms with Gasteiger partial charge in [-0.05, 0) is 38.8 Å². The zero-order valence-electron chi connectivity index (χ0n) is 19.9. The van der Waals surface area contributed by atoms with Gasteiger partial charge in [0.2, 0.25) is 5.91 Å². The van der Waals surface area contributed by atoms with E-state index in [1.54, 1.807) is 12.3 Å². The van der Waals surface area contributed by atoms with E-state index >= 15 is 0 Å². The summed E-state index contributed by atoms with van der Waals surface area (Å²) in [6.45, 7) is 14.3. The van der Waals surface area contributed by atoms with Crippen molar-refractivity contribution in [2.45, 2.75) is 52.6 Å². The predicted molar refractivity (Wildman–Crippen MR) is 126 cm³/mol. The van der Waals surface area contributed by atoms with Gasteiger partial charge in [0.05, 0.1) is 6.54 Å². The molecule has 0 bridgehead atoms. The van der Waals surface area contributed by atoms with E-state index in [1.165, 1.54) is 0 Å². The number of piperidine rings is 1. The van der Waals surface area contributed by atoms with Gasteiger partial charge in [0.15, 0.2) is 0 Å². The summed E-state index contributed by atoms with van der Waals surface area (Å²) >= 11 is 0. The van der Waals surface area contributed by atoms with Crippen LogP contribution in [0.15, 0.2) is 18.3 Å². The van der Waals surface area contributed by atoms with Gasteiger partial charge in [-0.3, -0.25) is 19.4 Å². The number of carbonyl (C=O) groups is 2. The van der Waals surface area contributed by atoms with E-state index in [9.17, 15) is 9.59 Å². The molecular weight excluding hydrogens is 402 g/mol. The molecule has 0 aliphatic carbocycles. The molecule has 0 aromatic carbocycles. The Bertz CT molecular complexity index is 824. The number of pyridine rings is 1. The quantitative estimate of drug-likeness (QED) is 0.709. The van der Waals surface area contributed by atoms with Crippen LogP contribution in [-0.2, 0) is 4.79 Å². The summed E-state index contributed by atoms with van der Waals surface area (Å²) in [6, 6.07) is 4.19. The van der Waals surface area contributed by atoms with Crippen LogP contribution < -0.4 is 5.32 Å². The Hall–Kier alpha value is -2.43. The van der Waals surface area contributed by atoms with E-state index in [1.807, 2.05) is 24.8 Å². The SMILES string of the molecule is CC(C)C#Cc1ccc(C(=O)NC2CCN(C(=O)CN3CCN(C(C)C)CC3)CC2)nc1. The van der Waals surface area contributed by atoms with Crippen LogP contribution in [0.25, 0.3) is 0 Å². The van der Waals surface area contributed by atoms with Gasteiger partial charge < -0.3 is 10.2 Å². The highest BCUT2D eigenvalue weighted by atomic mass is 16.2. The van der Waals surface area contributed by atoms with E-state index < -0.39 is 0 Å². The number of hydrogen-bond donors (Lipinski definition) is 1. The smallest absolute Gasteiger partial charge is 0.270 e. The third kappa shape index (κ3) is 7.04. The Morgan fingerprint density at radius 2 is 1.75 bits per heavy atom. The van der Waals surface area contributed by atoms with Crippen molar-refractivity contribution in [3.05, 3.63) is 29.6 Å². The number of rotatable bonds is 5. The van der Waals surface area contributed by atoms with E-state index in [0.717, 1.165) is 44.6 Å². The van der Waals surface area contributed by atoms with Crippen LogP contribution in [-0.4, -0.2) is 89.4 Å². The second kappa shape index (κ2) is 11.4. The summed E-state index contributed by atoms with van der Waals surface area (Å²) in [4.78, 5) is 36.2. The Morgan fingerprint density at radius 1 is 1.06 bits per heavy atom. The topological polar surface area (TPSA) is 68.8 Å². The van der Waals surface area contributed by atoms with Crippen molar-refractivity contribution >= 4 is 11.8 Å². The first-order valence-corrected chi connectivity index (χ1v) is 11.8. The summed E-state index contributed by atoms with van der Waals surface area (Å²) in [7, 11) is 0. The van der Waals surface area contributed by atoms with E-state index in [2.05, 4.69) is 45.8 Å². The van der Waals surface area contributed by atoms with E-state index in [-0.39, 0.29) is 17.9 Å². The van der Waals surface area contributed by atoms with Gasteiger partial charge in [-0.15, -0.1) is 0 Å². The number of hydrogen-bond acceptors (Lipinski definition) is 5. The van der Waals surface area contributed by atoms with Crippen LogP contribution in [0.2, 0.25) is 0 Å². The molecule has 0 unspecified atom stereocenters. The summed E-state index contributed by atoms with van der Waals surface area (Å²) in [5, 5.41) is 3.07. The van der Waals surface area contributed by atoms with Gasteiger partial charge in [0.1, 0.15) is 5.69 Å². The van der Waals surface area contributed by atoms with Crippen LogP contribution in [0, 0.1) is 17.8 Å². The maximum Gasteiger partial charge on any atom is 0.270 e. The second-order valence-electron chi connectivity index (χ2n) is 9.39. The minimum Gasteiger partial charge on any atom is -0.348 e. The average molecular weight is 440 g/mol. The number of likely N-dealkylation sites (tertiary alicyclic amines) is 1. The summed E-state index contributed by atoms with van der Waals surface area (Å²) < 4.78 is 0. The lowest BCUT2D eigenvalue weighted by Gasteiger charge is -2.38. The molecule has 1 aromatic rings. The molecule has 2 amide bonds. The Kier molecular flexibility index (Phi) is 8.66. The molecule has 2 saturated heterocycles. The zero-order chi connectivity index (χ0) is 23.1. The third-order valence-corrected chi connectivity index (χ3v) is 6.18. The van der Waals surface area contributed by atoms with Crippen molar-refractivity contribution in [3.63, 3.8) is 0 Å². The summed E-state index contributed by atoms with van der Waals surface area (Å²) in [6.07, 6.45) is 3.19. The molecule has 174 valence electrons. The molecule has 0 atom stereocenters. The van der Waals surface area contributed by atoms with Gasteiger partial charge in [-0.1, -0.05) is 25.7 Å². The normalized spacial score (nSPS) is 18.5. The van der Waals surface area contributed by atoms with Crippen molar-refractivity contribution in [3.8, 4) is 11.8 Å². The molecule has 0 saturated carbocycles. The first-order chi connectivity index (χ1) is 15.3. The van der Waals surface area contributed by atoms with Crippen molar-refractivity contribution in [1.82, 2.24) is 25.0 Å². The number of nitrogens with one attached hydrogen (secondary N) is 1. The van der Waals surface area contributed by atoms with Crippen LogP contribution in [0.3, 0.4) is 0 Å². The second-order valence-corrected chi connectivity index (χ2v) is 9.39. The molecule has 0 spiro atoms. The summed E-state index contributed by atoms with van der Waals surface area (Å²) in [5.74, 6) is 6.48. The monoisotopic (exact) mass is 439 g/mol. The van der Waals surface area contributed by atoms with Gasteiger partial charge in [0.25, 0.3) is 5.91 Å². The van der Waals surface area contributed by atoms with Gasteiger partial charge in [0, 0.05) is 69.0 Å². The van der Waals surface area contributed by atoms with Crippen LogP contribution in [0.1, 0.15) is 56.6 Å². The molecule has 2 fully saturated rings. The number of carbonyl (C=O) groups excluding carboxylic acids is 2. The molecule has 1 N–H and O–H groups in total. The average Bonchev–Trinajstić information content (AvgIpc) is 2.78. The minimum atomic E-state index is -0.166. The van der Waals surface area contributed by atoms with E-state index in [4.69, 9.17) is 0 Å². The molecule has 2 aliphatic rings. The molecule has 32 heavy (non-hydrogen) atoms. The molecule has 2 aliphatic heterocycles. The number of aromatic nitrogens is 1. The molecule has 7 nitrogen and oxygen atoms in total. The molecule has 1 aromatic heterocycles. The number of amides is 2. The zero-order valence-corrected chi connectivity index (χ0v) is 19.9. The first kappa shape index (κ1) is 24.2. The number of piperazine rings is 1. The lowest BCUT2D eigenvalue weighted by molar-refractivity contribution is -0.134. The minimum absolute atomic E-state index is 0.0725. The van der Waals surface area contributed by atoms with Crippen LogP contribution in [0.4, 0.5) is 0 Å². The fraction of sp³-hybridized carbons (Fsp3) is 0.640. The third-order valence-electron chi connectivity index (χ3n) is 6.18. The molecular formula is C25H37N5O2. The maximum atomic E-state index is 12.7. The lowest BCUT2D eigenvalue weighted by Crippen LogP contribution is -2.53. The highest BCUT2D eigenvalue weighted by molar-refractivity contribution is 5.92. The van der Waals surface area contributed by atoms with Crippen LogP contribution in [0.5, 0.6) is 0 Å². The predicted octanol–water partition coefficient (Wildman–Crippen LogP) is 1.84. The lowest BCUT2D eigenvalue weighted by atomic mass is 10.0. The van der Waals surface area contributed by atoms with Crippen molar-refractivity contribution < 1.29 is 9.59 Å².